The molecule has 3 aromatic rings. The van der Waals surface area contributed by atoms with Crippen LogP contribution in [0.3, 0.4) is 0 Å². The number of rotatable bonds is 5. The molecule has 0 spiro atoms. The van der Waals surface area contributed by atoms with Crippen molar-refractivity contribution in [1.29, 1.82) is 0 Å². The molecule has 0 radical (unpaired) electrons. The molecule has 23 heavy (non-hydrogen) atoms. The summed E-state index contributed by atoms with van der Waals surface area (Å²) in [6.45, 7) is 4.17. The first-order chi connectivity index (χ1) is 11.3. The van der Waals surface area contributed by atoms with E-state index in [0.717, 1.165) is 23.4 Å². The molecule has 0 amide bonds. The minimum atomic E-state index is 0.471. The highest BCUT2D eigenvalue weighted by Gasteiger charge is 2.05. The number of nitrogens with one attached hydrogen (secondary N) is 2. The lowest BCUT2D eigenvalue weighted by Gasteiger charge is -2.11. The Bertz CT molecular complexity index is 801. The normalized spacial score (nSPS) is 10.3. The second-order valence-corrected chi connectivity index (χ2v) is 5.24. The molecule has 1 heterocycles. The van der Waals surface area contributed by atoms with E-state index in [4.69, 9.17) is 0 Å². The summed E-state index contributed by atoms with van der Waals surface area (Å²) in [6, 6.07) is 16.2. The Morgan fingerprint density at radius 2 is 1.65 bits per heavy atom. The minimum Gasteiger partial charge on any atom is -0.339 e. The van der Waals surface area contributed by atoms with Crippen molar-refractivity contribution in [1.82, 2.24) is 15.2 Å². The zero-order valence-electron chi connectivity index (χ0n) is 13.2. The summed E-state index contributed by atoms with van der Waals surface area (Å²) in [5.41, 5.74) is 4.38. The van der Waals surface area contributed by atoms with Crippen molar-refractivity contribution >= 4 is 23.1 Å². The molecule has 116 valence electrons. The summed E-state index contributed by atoms with van der Waals surface area (Å²) in [4.78, 5) is 4.48. The quantitative estimate of drug-likeness (QED) is 0.738. The van der Waals surface area contributed by atoms with Crippen LogP contribution in [-0.4, -0.2) is 15.2 Å². The second-order valence-electron chi connectivity index (χ2n) is 5.24. The summed E-state index contributed by atoms with van der Waals surface area (Å²) in [6.07, 6.45) is 2.57. The van der Waals surface area contributed by atoms with Gasteiger partial charge in [0.1, 0.15) is 0 Å². The van der Waals surface area contributed by atoms with Crippen LogP contribution in [0.25, 0.3) is 0 Å². The van der Waals surface area contributed by atoms with Crippen molar-refractivity contribution in [2.45, 2.75) is 20.3 Å². The Morgan fingerprint density at radius 1 is 0.913 bits per heavy atom. The van der Waals surface area contributed by atoms with Gasteiger partial charge in [0, 0.05) is 11.4 Å². The predicted molar refractivity (Wildman–Crippen MR) is 93.4 cm³/mol. The Morgan fingerprint density at radius 3 is 2.43 bits per heavy atom. The van der Waals surface area contributed by atoms with E-state index in [2.05, 4.69) is 38.8 Å². The van der Waals surface area contributed by atoms with Gasteiger partial charge in [0.25, 0.3) is 0 Å². The van der Waals surface area contributed by atoms with Crippen LogP contribution in [-0.2, 0) is 6.42 Å². The third kappa shape index (κ3) is 3.63. The van der Waals surface area contributed by atoms with Gasteiger partial charge < -0.3 is 10.6 Å². The average molecular weight is 305 g/mol. The molecule has 2 N–H and O–H groups in total. The van der Waals surface area contributed by atoms with Gasteiger partial charge in [-0.25, -0.2) is 0 Å². The summed E-state index contributed by atoms with van der Waals surface area (Å²) in [5, 5.41) is 14.6. The molecule has 0 fully saturated rings. The fourth-order valence-corrected chi connectivity index (χ4v) is 2.34. The molecule has 0 aliphatic carbocycles. The van der Waals surface area contributed by atoms with Crippen LogP contribution in [0.15, 0.2) is 54.7 Å². The number of hydrogen-bond acceptors (Lipinski definition) is 5. The van der Waals surface area contributed by atoms with Crippen molar-refractivity contribution < 1.29 is 0 Å². The van der Waals surface area contributed by atoms with Crippen LogP contribution in [0, 0.1) is 6.92 Å². The van der Waals surface area contributed by atoms with Gasteiger partial charge in [-0.3, -0.25) is 0 Å². The Labute approximate surface area is 135 Å². The van der Waals surface area contributed by atoms with Gasteiger partial charge >= 0.3 is 0 Å². The summed E-state index contributed by atoms with van der Waals surface area (Å²) >= 11 is 0. The van der Waals surface area contributed by atoms with E-state index in [9.17, 15) is 0 Å². The highest BCUT2D eigenvalue weighted by atomic mass is 15.3. The molecule has 5 nitrogen and oxygen atoms in total. The number of aromatic nitrogens is 3. The number of nitrogens with zero attached hydrogens (tertiary/aromatic N) is 3. The molecular formula is C18H19N5. The molecule has 2 aromatic carbocycles. The highest BCUT2D eigenvalue weighted by molar-refractivity contribution is 5.62. The van der Waals surface area contributed by atoms with E-state index in [0.29, 0.717) is 11.8 Å². The van der Waals surface area contributed by atoms with Crippen LogP contribution in [0.2, 0.25) is 0 Å². The lowest BCUT2D eigenvalue weighted by molar-refractivity contribution is 0.981. The molecule has 3 rings (SSSR count). The standard InChI is InChI=1S/C18H19N5/c1-3-14-9-5-7-11-16(14)20-17-12-19-23-18(22-17)21-15-10-6-4-8-13(15)2/h4-12H,3H2,1-2H3,(H2,20,21,22,23). The molecule has 0 aliphatic rings. The van der Waals surface area contributed by atoms with Crippen molar-refractivity contribution in [3.05, 3.63) is 65.9 Å². The number of para-hydroxylation sites is 2. The second kappa shape index (κ2) is 6.87. The number of hydrogen-bond donors (Lipinski definition) is 2. The van der Waals surface area contributed by atoms with Gasteiger partial charge in [-0.15, -0.1) is 5.10 Å². The van der Waals surface area contributed by atoms with Gasteiger partial charge in [0.15, 0.2) is 5.82 Å². The Kier molecular flexibility index (Phi) is 4.47. The molecule has 0 unspecified atom stereocenters. The summed E-state index contributed by atoms with van der Waals surface area (Å²) in [5.74, 6) is 1.13. The molecule has 0 aliphatic heterocycles. The first kappa shape index (κ1) is 15.0. The Balaban J connectivity index is 1.81. The number of aryl methyl sites for hydroxylation is 2. The third-order valence-electron chi connectivity index (χ3n) is 3.61. The van der Waals surface area contributed by atoms with Crippen molar-refractivity contribution in [2.24, 2.45) is 0 Å². The highest BCUT2D eigenvalue weighted by Crippen LogP contribution is 2.21. The maximum atomic E-state index is 4.48. The number of anilines is 4. The summed E-state index contributed by atoms with van der Waals surface area (Å²) < 4.78 is 0. The predicted octanol–water partition coefficient (Wildman–Crippen LogP) is 4.23. The largest absolute Gasteiger partial charge is 0.339 e. The molecule has 1 aromatic heterocycles. The average Bonchev–Trinajstić information content (AvgIpc) is 2.58. The number of benzene rings is 2. The minimum absolute atomic E-state index is 0.471. The van der Waals surface area contributed by atoms with E-state index < -0.39 is 0 Å². The van der Waals surface area contributed by atoms with Crippen LogP contribution in [0.5, 0.6) is 0 Å². The van der Waals surface area contributed by atoms with Crippen LogP contribution in [0.1, 0.15) is 18.1 Å². The van der Waals surface area contributed by atoms with E-state index >= 15 is 0 Å². The first-order valence-corrected chi connectivity index (χ1v) is 7.63. The van der Waals surface area contributed by atoms with E-state index in [1.54, 1.807) is 6.20 Å². The lowest BCUT2D eigenvalue weighted by atomic mass is 10.1. The Hall–Kier alpha value is -2.95. The van der Waals surface area contributed by atoms with Crippen LogP contribution in [0.4, 0.5) is 23.1 Å². The van der Waals surface area contributed by atoms with Crippen molar-refractivity contribution in [3.8, 4) is 0 Å². The van der Waals surface area contributed by atoms with Crippen LogP contribution < -0.4 is 10.6 Å². The maximum absolute atomic E-state index is 4.48. The monoisotopic (exact) mass is 305 g/mol. The molecule has 0 atom stereocenters. The van der Waals surface area contributed by atoms with Crippen molar-refractivity contribution in [3.63, 3.8) is 0 Å². The smallest absolute Gasteiger partial charge is 0.249 e. The molecule has 5 heteroatoms. The molecule has 0 saturated carbocycles. The fraction of sp³-hybridized carbons (Fsp3) is 0.167. The zero-order valence-corrected chi connectivity index (χ0v) is 13.2. The fourth-order valence-electron chi connectivity index (χ4n) is 2.34. The zero-order chi connectivity index (χ0) is 16.1. The third-order valence-corrected chi connectivity index (χ3v) is 3.61. The van der Waals surface area contributed by atoms with Gasteiger partial charge in [-0.1, -0.05) is 43.3 Å². The maximum Gasteiger partial charge on any atom is 0.249 e. The van der Waals surface area contributed by atoms with E-state index in [1.165, 1.54) is 5.56 Å². The van der Waals surface area contributed by atoms with E-state index in [-0.39, 0.29) is 0 Å². The molecule has 0 saturated heterocycles. The molecule has 0 bridgehead atoms. The first-order valence-electron chi connectivity index (χ1n) is 7.63. The topological polar surface area (TPSA) is 62.7 Å². The van der Waals surface area contributed by atoms with Crippen molar-refractivity contribution in [2.75, 3.05) is 10.6 Å². The molecular weight excluding hydrogens is 286 g/mol. The van der Waals surface area contributed by atoms with Gasteiger partial charge in [-0.05, 0) is 36.6 Å². The van der Waals surface area contributed by atoms with Crippen LogP contribution >= 0.6 is 0 Å². The summed E-state index contributed by atoms with van der Waals surface area (Å²) in [7, 11) is 0. The lowest BCUT2D eigenvalue weighted by Crippen LogP contribution is -2.04. The SMILES string of the molecule is CCc1ccccc1Nc1cnnc(Nc2ccccc2C)n1. The van der Waals surface area contributed by atoms with Gasteiger partial charge in [-0.2, -0.15) is 10.1 Å². The van der Waals surface area contributed by atoms with Gasteiger partial charge in [0.2, 0.25) is 5.95 Å². The van der Waals surface area contributed by atoms with Gasteiger partial charge in [0.05, 0.1) is 6.20 Å². The van der Waals surface area contributed by atoms with E-state index in [1.807, 2.05) is 49.4 Å².